The number of anilines is 1. The molecule has 131 heavy (non-hydrogen) atoms. The number of carbonyl (C=O) groups excluding carboxylic acids is 13. The van der Waals surface area contributed by atoms with Gasteiger partial charge >= 0.3 is 18.1 Å². The average Bonchev–Trinajstić information content (AvgIpc) is 1.57. The van der Waals surface area contributed by atoms with E-state index in [1.54, 1.807) is 87.5 Å². The van der Waals surface area contributed by atoms with Gasteiger partial charge in [-0.1, -0.05) is 165 Å². The topological polar surface area (TPSA) is 493 Å². The van der Waals surface area contributed by atoms with Gasteiger partial charge in [-0.2, -0.15) is 0 Å². The molecule has 714 valence electrons. The number of ether oxygens (including phenoxy) is 5. The van der Waals surface area contributed by atoms with Crippen molar-refractivity contribution in [3.8, 4) is 11.5 Å². The Hall–Kier alpha value is -9.74. The summed E-state index contributed by atoms with van der Waals surface area (Å²) in [6.07, 6.45) is -0.746. The van der Waals surface area contributed by atoms with E-state index < -0.39 is 198 Å². The van der Waals surface area contributed by atoms with E-state index in [-0.39, 0.29) is 98.2 Å². The van der Waals surface area contributed by atoms with E-state index in [0.717, 1.165) is 43.9 Å². The van der Waals surface area contributed by atoms with Crippen LogP contribution in [0.2, 0.25) is 5.02 Å². The van der Waals surface area contributed by atoms with Crippen molar-refractivity contribution in [1.29, 1.82) is 0 Å². The Morgan fingerprint density at radius 3 is 2.21 bits per heavy atom. The van der Waals surface area contributed by atoms with Crippen molar-refractivity contribution in [2.24, 2.45) is 17.6 Å². The van der Waals surface area contributed by atoms with Crippen LogP contribution in [0.25, 0.3) is 5.57 Å². The molecule has 0 saturated carbocycles. The minimum atomic E-state index is -1.94. The third kappa shape index (κ3) is 29.6. The Bertz CT molecular complexity index is 4800. The number of urea groups is 1. The molecule has 0 aromatic heterocycles. The van der Waals surface area contributed by atoms with Crippen LogP contribution in [0.1, 0.15) is 140 Å². The normalized spacial score (nSPS) is 26.0. The lowest BCUT2D eigenvalue weighted by Crippen LogP contribution is -2.63. The van der Waals surface area contributed by atoms with Crippen LogP contribution < -0.4 is 63.2 Å². The number of allylic oxidation sites excluding steroid dienone is 4. The molecule has 0 unspecified atom stereocenters. The first-order valence-electron chi connectivity index (χ1n) is 43.8. The minimum Gasteiger partial charge on any atom is -0.508 e. The zero-order chi connectivity index (χ0) is 95.6. The molecule has 1 aliphatic carbocycles. The fraction of sp³-hybridized carbons (Fsp3) is 0.533. The number of methoxy groups -OCH3 is 2. The molecule has 11 amide bonds. The molecule has 34 nitrogen and oxygen atoms in total. The summed E-state index contributed by atoms with van der Waals surface area (Å²) in [5.41, 5.74) is 8.01. The second-order valence-corrected chi connectivity index (χ2v) is 39.4. The van der Waals surface area contributed by atoms with Gasteiger partial charge in [-0.25, -0.2) is 14.4 Å². The number of nitrogens with one attached hydrogen (secondary N) is 9. The highest BCUT2D eigenvalue weighted by atomic mass is 35.5. The van der Waals surface area contributed by atoms with Gasteiger partial charge in [0.15, 0.2) is 17.3 Å². The number of phenolic OH excluding ortho intramolecular Hbond substituents is 1. The molecule has 18 atom stereocenters. The Kier molecular flexibility index (Phi) is 39.9. The summed E-state index contributed by atoms with van der Waals surface area (Å²) in [6.45, 7) is 11.3. The van der Waals surface area contributed by atoms with Crippen molar-refractivity contribution in [3.63, 3.8) is 0 Å². The van der Waals surface area contributed by atoms with E-state index in [1.807, 2.05) is 43.3 Å². The molecular formula is C92H123ClN12O22S4. The number of nitrogens with zero attached hydrogens (tertiary/aromatic N) is 2. The number of likely N-dealkylation sites (N-methyl/N-ethyl adjacent to an activating group) is 1. The van der Waals surface area contributed by atoms with Crippen molar-refractivity contribution < 1.29 is 106 Å². The number of aliphatic hydroxyl groups is 3. The first-order valence-corrected chi connectivity index (χ1v) is 49.2. The number of alkyl carbamates (subject to hydrolysis) is 1. The summed E-state index contributed by atoms with van der Waals surface area (Å²) in [5, 5.41) is 68.9. The highest BCUT2D eigenvalue weighted by Gasteiger charge is 2.65. The molecule has 5 aliphatic rings. The van der Waals surface area contributed by atoms with Crippen molar-refractivity contribution in [2.75, 3.05) is 69.3 Å². The lowest BCUT2D eigenvalue weighted by Gasteiger charge is -2.42. The first-order chi connectivity index (χ1) is 62.4. The highest BCUT2D eigenvalue weighted by molar-refractivity contribution is 8.77. The molecule has 4 bridgehead atoms. The Balaban J connectivity index is 0.900. The third-order valence-electron chi connectivity index (χ3n) is 23.8. The number of halogens is 1. The summed E-state index contributed by atoms with van der Waals surface area (Å²) in [4.78, 5) is 191. The van der Waals surface area contributed by atoms with E-state index in [1.165, 1.54) is 92.6 Å². The van der Waals surface area contributed by atoms with Gasteiger partial charge in [0.2, 0.25) is 47.3 Å². The molecule has 15 N–H and O–H groups in total. The van der Waals surface area contributed by atoms with Crippen LogP contribution in [0.3, 0.4) is 0 Å². The van der Waals surface area contributed by atoms with Crippen LogP contribution in [0.4, 0.5) is 15.3 Å². The number of Topliss-reactive ketones (excluding diaryl/α,β-unsaturated/α-hetero) is 2. The maximum Gasteiger partial charge on any atom is 0.409 e. The highest BCUT2D eigenvalue weighted by Crippen LogP contribution is 2.50. The Labute approximate surface area is 784 Å². The average molecular weight is 1910 g/mol. The van der Waals surface area contributed by atoms with Crippen LogP contribution in [0.15, 0.2) is 121 Å². The van der Waals surface area contributed by atoms with Crippen molar-refractivity contribution in [1.82, 2.24) is 52.8 Å². The van der Waals surface area contributed by atoms with Gasteiger partial charge in [0.25, 0.3) is 0 Å². The van der Waals surface area contributed by atoms with Crippen LogP contribution in [-0.4, -0.2) is 263 Å². The molecule has 4 aromatic rings. The van der Waals surface area contributed by atoms with Gasteiger partial charge < -0.3 is 102 Å². The van der Waals surface area contributed by atoms with Crippen molar-refractivity contribution >= 4 is 143 Å². The number of unbranched alkanes of at least 4 members (excludes halogenated alkanes) is 1. The summed E-state index contributed by atoms with van der Waals surface area (Å²) in [5.74, 6) is -10.3. The molecule has 9 rings (SSSR count). The number of hydrogen-bond acceptors (Lipinski definition) is 27. The van der Waals surface area contributed by atoms with E-state index in [0.29, 0.717) is 53.8 Å². The molecule has 39 heteroatoms. The number of phenols is 1. The van der Waals surface area contributed by atoms with Crippen LogP contribution >= 0.6 is 54.8 Å². The van der Waals surface area contributed by atoms with E-state index >= 15 is 19.2 Å². The Morgan fingerprint density at radius 1 is 0.824 bits per heavy atom. The number of fused-ring (bicyclic) bond motifs is 6. The van der Waals surface area contributed by atoms with Crippen molar-refractivity contribution in [3.05, 3.63) is 154 Å². The maximum atomic E-state index is 15.5. The number of hydrogen-bond donors (Lipinski definition) is 14. The van der Waals surface area contributed by atoms with Gasteiger partial charge in [-0.3, -0.25) is 53.3 Å². The molecule has 0 radical (unpaired) electrons. The number of amides is 11. The maximum absolute atomic E-state index is 15.5. The van der Waals surface area contributed by atoms with Crippen LogP contribution in [0.5, 0.6) is 11.5 Å². The summed E-state index contributed by atoms with van der Waals surface area (Å²) in [7, 11) is 10.3. The van der Waals surface area contributed by atoms with Gasteiger partial charge in [-0.15, -0.1) is 0 Å². The smallest absolute Gasteiger partial charge is 0.409 e. The molecule has 4 heterocycles. The van der Waals surface area contributed by atoms with Gasteiger partial charge in [0.1, 0.15) is 82.7 Å². The van der Waals surface area contributed by atoms with E-state index in [2.05, 4.69) is 47.9 Å². The summed E-state index contributed by atoms with van der Waals surface area (Å²) < 4.78 is 29.7. The number of aliphatic hydroxyl groups excluding tert-OH is 2. The van der Waals surface area contributed by atoms with Gasteiger partial charge in [0, 0.05) is 101 Å². The number of carbonyl (C=O) groups is 13. The number of rotatable bonds is 32. The van der Waals surface area contributed by atoms with Crippen LogP contribution in [0, 0.1) is 11.8 Å². The zero-order valence-electron chi connectivity index (χ0n) is 75.5. The standard InChI is InChI=1S/C92H123ClN12O22S4/c1-12-21-70(109)79(54(5)106)101-86(117)68-50-131-130-49-67(71(110)46-61(41-57-29-33-62(108)34-30-57)82(113)97-66(45-60-32-31-59-25-16-17-26-63(59)60)85(116)96-64(27-18-19-36-94)83(114)102-80(55(6)107)87(118)99-68)98-84(115)65(42-56-23-14-13-15-24-56)100-89(120)95-37-39-129-128-38-35-76(111)104(8)53(4)88(119)126-75-47-77(112)105(9)69-43-58(44-72(123-10)78(69)93)40-51(2)22-20-28-74(124-11)92(122)48-73(125-90(121)103-92)52(3)81-91(75,7)127-81/h13-17,20,22-26,28-30,32-34,43-44,52-55,61,64-68,73-75,79-81,106-108,122H,12,18-19,21,27,31,35-42,45-50,94H2,1-11H3,(H,96,116)(H,97,113)(H,98,115)(H,99,118)(H,101,117)(H,102,114)(H,103,121)(H2,95,100,120)/b28-20+,51-22+/t52-,53+,54-,55-,61-,64+,65-,66-,67+,68+,73+,74-,75+,79+,80+,81+,91+,92+/m1/s1. The SMILES string of the molecule is CCCC(=O)[C@@H](NC(=O)[C@@H]1CSSC[C@H](NC(=O)[C@@H](Cc2ccccc2)NC(=O)NCCSSCCC(=O)N(C)[C@@H](C)C(=O)O[C@H]2CC(=O)N(C)c3cc(cc(OC)c3Cl)C/C(C)=C/C=C/[C@@H](OC)[C@@]3(O)C[C@H](OC(=O)N3)[C@@H](C)[C@@H]3O[C@@]23C)C(=O)C[C@@H](Cc2ccc(O)cc2)C(=O)N[C@H](CC2=CCc3ccccc32)C(=O)N[C@@H](CCCCN)C(=O)N[C@@H]([C@@H](C)O)C(=O)N1)[C@@H](C)O. The number of aromatic hydroxyl groups is 1. The third-order valence-corrected chi connectivity index (χ3v) is 29.0. The molecule has 3 saturated heterocycles. The van der Waals surface area contributed by atoms with Gasteiger partial charge in [-0.05, 0) is 144 Å². The van der Waals surface area contributed by atoms with Gasteiger partial charge in [0.05, 0.1) is 43.6 Å². The summed E-state index contributed by atoms with van der Waals surface area (Å²) in [6, 6.07) is 13.0. The van der Waals surface area contributed by atoms with Crippen molar-refractivity contribution in [2.45, 2.75) is 235 Å². The molecular weight excluding hydrogens is 1790 g/mol. The van der Waals surface area contributed by atoms with Crippen LogP contribution in [-0.2, 0) is 97.4 Å². The lowest BCUT2D eigenvalue weighted by atomic mass is 9.83. The van der Waals surface area contributed by atoms with E-state index in [9.17, 15) is 63.6 Å². The monoisotopic (exact) mass is 1910 g/mol. The van der Waals surface area contributed by atoms with E-state index in [4.69, 9.17) is 41.0 Å². The lowest BCUT2D eigenvalue weighted by molar-refractivity contribution is -0.162. The zero-order valence-corrected chi connectivity index (χ0v) is 79.5. The second-order valence-electron chi connectivity index (χ2n) is 33.7. The molecule has 4 aliphatic heterocycles. The molecule has 4 aromatic carbocycles. The molecule has 0 spiro atoms. The number of esters is 1. The number of nitrogens with two attached hydrogens (primary N) is 1. The number of ketones is 2. The quantitative estimate of drug-likeness (QED) is 0.0110. The summed E-state index contributed by atoms with van der Waals surface area (Å²) >= 11 is 6.90. The molecule has 3 fully saturated rings. The largest absolute Gasteiger partial charge is 0.508 e. The first kappa shape index (κ1) is 105. The predicted molar refractivity (Wildman–Crippen MR) is 501 cm³/mol. The fourth-order valence-corrected chi connectivity index (χ4v) is 20.5. The predicted octanol–water partition coefficient (Wildman–Crippen LogP) is 6.31. The number of epoxide rings is 1. The minimum absolute atomic E-state index is 0.0278. The Morgan fingerprint density at radius 2 is 1.52 bits per heavy atom. The number of benzene rings is 4. The fourth-order valence-electron chi connectivity index (χ4n) is 15.9. The second kappa shape index (κ2) is 49.8.